The normalized spacial score (nSPS) is 9.80. The molecule has 0 aliphatic rings. The van der Waals surface area contributed by atoms with Crippen molar-refractivity contribution in [1.29, 1.82) is 0 Å². The number of nitrogens with two attached hydrogens (primary N) is 2. The van der Waals surface area contributed by atoms with Gasteiger partial charge in [-0.2, -0.15) is 0 Å². The van der Waals surface area contributed by atoms with Crippen molar-refractivity contribution in [3.63, 3.8) is 0 Å². The summed E-state index contributed by atoms with van der Waals surface area (Å²) in [7, 11) is 0. The minimum atomic E-state index is 0.748. The summed E-state index contributed by atoms with van der Waals surface area (Å²) in [5.74, 6) is 0. The lowest BCUT2D eigenvalue weighted by Crippen LogP contribution is -1.90. The number of hydrogen-bond acceptors (Lipinski definition) is 3. The van der Waals surface area contributed by atoms with Crippen molar-refractivity contribution in [3.8, 4) is 0 Å². The molecule has 0 fully saturated rings. The maximum absolute atomic E-state index is 5.60. The zero-order chi connectivity index (χ0) is 7.56. The standard InChI is InChI=1S/C7H10N2S/c1-5-2-3-6(8)7(4-5)10-9/h2-4H,8-9H2,1H3. The Kier molecular flexibility index (Phi) is 2.19. The Balaban J connectivity index is 3.09. The fraction of sp³-hybridized carbons (Fsp3) is 0.143. The molecule has 0 bridgehead atoms. The highest BCUT2D eigenvalue weighted by Crippen LogP contribution is 2.20. The van der Waals surface area contributed by atoms with Gasteiger partial charge in [-0.15, -0.1) is 0 Å². The van der Waals surface area contributed by atoms with Crippen molar-refractivity contribution < 1.29 is 0 Å². The molecular formula is C7H10N2S. The largest absolute Gasteiger partial charge is 0.398 e. The summed E-state index contributed by atoms with van der Waals surface area (Å²) >= 11 is 1.18. The average Bonchev–Trinajstić information content (AvgIpc) is 1.94. The number of nitrogen functional groups attached to an aromatic ring is 1. The third-order valence-electron chi connectivity index (χ3n) is 1.30. The van der Waals surface area contributed by atoms with Gasteiger partial charge in [-0.25, -0.2) is 0 Å². The maximum atomic E-state index is 5.60. The Morgan fingerprint density at radius 1 is 1.40 bits per heavy atom. The molecule has 0 radical (unpaired) electrons. The Hall–Kier alpha value is -0.670. The van der Waals surface area contributed by atoms with Gasteiger partial charge < -0.3 is 5.73 Å². The summed E-state index contributed by atoms with van der Waals surface area (Å²) in [5, 5.41) is 5.36. The molecule has 0 spiro atoms. The summed E-state index contributed by atoms with van der Waals surface area (Å²) in [6, 6.07) is 5.81. The minimum absolute atomic E-state index is 0.748. The van der Waals surface area contributed by atoms with Crippen molar-refractivity contribution in [2.45, 2.75) is 11.8 Å². The molecular weight excluding hydrogens is 144 g/mol. The van der Waals surface area contributed by atoms with Gasteiger partial charge in [0.25, 0.3) is 0 Å². The van der Waals surface area contributed by atoms with E-state index < -0.39 is 0 Å². The molecule has 0 saturated heterocycles. The van der Waals surface area contributed by atoms with Crippen LogP contribution in [0.5, 0.6) is 0 Å². The van der Waals surface area contributed by atoms with Crippen LogP contribution in [0.2, 0.25) is 0 Å². The van der Waals surface area contributed by atoms with E-state index in [1.54, 1.807) is 0 Å². The first-order valence-corrected chi connectivity index (χ1v) is 3.85. The zero-order valence-electron chi connectivity index (χ0n) is 5.79. The van der Waals surface area contributed by atoms with E-state index in [9.17, 15) is 0 Å². The predicted octanol–water partition coefficient (Wildman–Crippen LogP) is 1.54. The van der Waals surface area contributed by atoms with Gasteiger partial charge in [-0.3, -0.25) is 5.14 Å². The average molecular weight is 154 g/mol. The summed E-state index contributed by atoms with van der Waals surface area (Å²) in [6.45, 7) is 2.01. The monoisotopic (exact) mass is 154 g/mol. The van der Waals surface area contributed by atoms with Crippen LogP contribution < -0.4 is 10.9 Å². The molecule has 3 heteroatoms. The molecule has 0 heterocycles. The van der Waals surface area contributed by atoms with E-state index in [1.165, 1.54) is 17.5 Å². The van der Waals surface area contributed by atoms with E-state index in [-0.39, 0.29) is 0 Å². The molecule has 0 atom stereocenters. The van der Waals surface area contributed by atoms with E-state index in [1.807, 2.05) is 25.1 Å². The van der Waals surface area contributed by atoms with Gasteiger partial charge in [0.05, 0.1) is 0 Å². The second-order valence-electron chi connectivity index (χ2n) is 2.16. The molecule has 0 aliphatic carbocycles. The van der Waals surface area contributed by atoms with Crippen molar-refractivity contribution in [2.24, 2.45) is 5.14 Å². The van der Waals surface area contributed by atoms with E-state index in [0.717, 1.165) is 10.6 Å². The Labute approximate surface area is 64.7 Å². The van der Waals surface area contributed by atoms with Crippen molar-refractivity contribution in [1.82, 2.24) is 0 Å². The lowest BCUT2D eigenvalue weighted by molar-refractivity contribution is 1.36. The van der Waals surface area contributed by atoms with Gasteiger partial charge in [0.1, 0.15) is 0 Å². The van der Waals surface area contributed by atoms with Gasteiger partial charge in [0.15, 0.2) is 0 Å². The highest BCUT2D eigenvalue weighted by Gasteiger charge is 1.95. The van der Waals surface area contributed by atoms with Crippen LogP contribution in [0.4, 0.5) is 5.69 Å². The van der Waals surface area contributed by atoms with Gasteiger partial charge in [0.2, 0.25) is 0 Å². The van der Waals surface area contributed by atoms with Crippen LogP contribution in [-0.2, 0) is 0 Å². The van der Waals surface area contributed by atoms with E-state index in [4.69, 9.17) is 10.9 Å². The fourth-order valence-corrected chi connectivity index (χ4v) is 1.20. The van der Waals surface area contributed by atoms with Crippen LogP contribution in [0.25, 0.3) is 0 Å². The SMILES string of the molecule is Cc1ccc(N)c(SN)c1. The molecule has 10 heavy (non-hydrogen) atoms. The fourth-order valence-electron chi connectivity index (χ4n) is 0.744. The summed E-state index contributed by atoms with van der Waals surface area (Å²) in [5.41, 5.74) is 7.53. The van der Waals surface area contributed by atoms with Crippen molar-refractivity contribution >= 4 is 17.6 Å². The van der Waals surface area contributed by atoms with Crippen molar-refractivity contribution in [3.05, 3.63) is 23.8 Å². The first kappa shape index (κ1) is 7.44. The number of aryl methyl sites for hydroxylation is 1. The molecule has 1 rings (SSSR count). The third kappa shape index (κ3) is 1.43. The van der Waals surface area contributed by atoms with Gasteiger partial charge in [-0.05, 0) is 36.6 Å². The lowest BCUT2D eigenvalue weighted by Gasteiger charge is -2.01. The van der Waals surface area contributed by atoms with Gasteiger partial charge >= 0.3 is 0 Å². The molecule has 0 aromatic heterocycles. The van der Waals surface area contributed by atoms with Crippen LogP contribution in [0.1, 0.15) is 5.56 Å². The first-order valence-electron chi connectivity index (χ1n) is 2.97. The third-order valence-corrected chi connectivity index (χ3v) is 1.90. The smallest absolute Gasteiger partial charge is 0.0465 e. The topological polar surface area (TPSA) is 52.0 Å². The zero-order valence-corrected chi connectivity index (χ0v) is 6.61. The second-order valence-corrected chi connectivity index (χ2v) is 2.83. The van der Waals surface area contributed by atoms with Crippen LogP contribution in [0, 0.1) is 6.92 Å². The van der Waals surface area contributed by atoms with Crippen LogP contribution in [0.15, 0.2) is 23.1 Å². The Morgan fingerprint density at radius 2 is 2.10 bits per heavy atom. The maximum Gasteiger partial charge on any atom is 0.0465 e. The summed E-state index contributed by atoms with van der Waals surface area (Å²) in [6.07, 6.45) is 0. The molecule has 4 N–H and O–H groups in total. The van der Waals surface area contributed by atoms with Crippen LogP contribution >= 0.6 is 11.9 Å². The first-order chi connectivity index (χ1) is 4.74. The molecule has 0 amide bonds. The minimum Gasteiger partial charge on any atom is -0.398 e. The van der Waals surface area contributed by atoms with Gasteiger partial charge in [0, 0.05) is 10.6 Å². The lowest BCUT2D eigenvalue weighted by atomic mass is 10.2. The van der Waals surface area contributed by atoms with Crippen molar-refractivity contribution in [2.75, 3.05) is 5.73 Å². The molecule has 0 unspecified atom stereocenters. The van der Waals surface area contributed by atoms with E-state index >= 15 is 0 Å². The Morgan fingerprint density at radius 3 is 2.60 bits per heavy atom. The summed E-state index contributed by atoms with van der Waals surface area (Å²) < 4.78 is 0. The molecule has 1 aromatic rings. The molecule has 0 aliphatic heterocycles. The highest BCUT2D eigenvalue weighted by molar-refractivity contribution is 7.97. The van der Waals surface area contributed by atoms with Crippen LogP contribution in [0.3, 0.4) is 0 Å². The number of hydrogen-bond donors (Lipinski definition) is 2. The summed E-state index contributed by atoms with van der Waals surface area (Å²) in [4.78, 5) is 0.944. The molecule has 2 nitrogen and oxygen atoms in total. The number of rotatable bonds is 1. The highest BCUT2D eigenvalue weighted by atomic mass is 32.2. The quantitative estimate of drug-likeness (QED) is 0.476. The van der Waals surface area contributed by atoms with E-state index in [0.29, 0.717) is 0 Å². The Bertz CT molecular complexity index is 235. The molecule has 0 saturated carbocycles. The van der Waals surface area contributed by atoms with Gasteiger partial charge in [-0.1, -0.05) is 6.07 Å². The predicted molar refractivity (Wildman–Crippen MR) is 45.6 cm³/mol. The van der Waals surface area contributed by atoms with Crippen LogP contribution in [-0.4, -0.2) is 0 Å². The second kappa shape index (κ2) is 2.94. The van der Waals surface area contributed by atoms with E-state index in [2.05, 4.69) is 0 Å². The number of benzene rings is 1. The molecule has 1 aromatic carbocycles. The number of anilines is 1. The molecule has 54 valence electrons.